The Labute approximate surface area is 192 Å². The lowest BCUT2D eigenvalue weighted by Gasteiger charge is -2.36. The standard InChI is InChI=1S/C26H34N2O3Si/c1-26(2,3)32(6,7)31-23-18-22(25(29)30-5)24(28(23)21-16-12-9-13-17-21)27(4)19-20-14-10-8-11-15-20/h8-18H,19H2,1-7H3. The van der Waals surface area contributed by atoms with Gasteiger partial charge in [0.2, 0.25) is 0 Å². The van der Waals surface area contributed by atoms with Gasteiger partial charge < -0.3 is 14.1 Å². The maximum atomic E-state index is 12.8. The fourth-order valence-corrected chi connectivity index (χ4v) is 4.34. The summed E-state index contributed by atoms with van der Waals surface area (Å²) in [7, 11) is 1.24. The number of para-hydroxylation sites is 1. The number of rotatable bonds is 7. The molecular formula is C26H34N2O3Si. The van der Waals surface area contributed by atoms with Crippen molar-refractivity contribution >= 4 is 20.1 Å². The molecule has 0 bridgehead atoms. The van der Waals surface area contributed by atoms with Crippen LogP contribution in [0.15, 0.2) is 66.7 Å². The van der Waals surface area contributed by atoms with Crippen LogP contribution in [0.2, 0.25) is 18.1 Å². The van der Waals surface area contributed by atoms with Crippen molar-refractivity contribution in [2.24, 2.45) is 0 Å². The summed E-state index contributed by atoms with van der Waals surface area (Å²) < 4.78 is 13.9. The molecule has 0 aliphatic heterocycles. The molecule has 0 fully saturated rings. The van der Waals surface area contributed by atoms with E-state index in [9.17, 15) is 4.79 Å². The molecule has 3 rings (SSSR count). The molecule has 1 aromatic heterocycles. The van der Waals surface area contributed by atoms with Crippen molar-refractivity contribution in [3.8, 4) is 11.6 Å². The number of benzene rings is 2. The van der Waals surface area contributed by atoms with E-state index < -0.39 is 8.32 Å². The number of hydrogen-bond acceptors (Lipinski definition) is 4. The highest BCUT2D eigenvalue weighted by atomic mass is 28.4. The Morgan fingerprint density at radius 2 is 1.56 bits per heavy atom. The molecule has 2 aromatic carbocycles. The molecule has 0 saturated heterocycles. The lowest BCUT2D eigenvalue weighted by molar-refractivity contribution is 0.0601. The van der Waals surface area contributed by atoms with Gasteiger partial charge in [-0.15, -0.1) is 0 Å². The fourth-order valence-electron chi connectivity index (χ4n) is 3.36. The Morgan fingerprint density at radius 1 is 1.00 bits per heavy atom. The first-order valence-electron chi connectivity index (χ1n) is 10.9. The topological polar surface area (TPSA) is 43.7 Å². The van der Waals surface area contributed by atoms with Crippen LogP contribution in [0.5, 0.6) is 5.88 Å². The van der Waals surface area contributed by atoms with E-state index in [0.717, 1.165) is 17.1 Å². The molecule has 0 amide bonds. The molecule has 3 aromatic rings. The predicted molar refractivity (Wildman–Crippen MR) is 133 cm³/mol. The van der Waals surface area contributed by atoms with Gasteiger partial charge in [-0.1, -0.05) is 69.3 Å². The third-order valence-corrected chi connectivity index (χ3v) is 10.5. The van der Waals surface area contributed by atoms with E-state index in [2.05, 4.69) is 50.9 Å². The number of esters is 1. The van der Waals surface area contributed by atoms with Crippen molar-refractivity contribution in [1.29, 1.82) is 0 Å². The molecule has 170 valence electrons. The molecule has 0 N–H and O–H groups in total. The van der Waals surface area contributed by atoms with Crippen LogP contribution in [0.4, 0.5) is 5.82 Å². The minimum atomic E-state index is -2.16. The average molecular weight is 451 g/mol. The number of anilines is 1. The van der Waals surface area contributed by atoms with Gasteiger partial charge >= 0.3 is 5.97 Å². The summed E-state index contributed by atoms with van der Waals surface area (Å²) >= 11 is 0. The van der Waals surface area contributed by atoms with Crippen molar-refractivity contribution < 1.29 is 14.0 Å². The molecule has 1 heterocycles. The minimum absolute atomic E-state index is 0.0142. The first kappa shape index (κ1) is 23.7. The number of hydrogen-bond donors (Lipinski definition) is 0. The molecule has 0 aliphatic rings. The second-order valence-electron chi connectivity index (χ2n) is 9.59. The summed E-state index contributed by atoms with van der Waals surface area (Å²) in [6.07, 6.45) is 0. The zero-order valence-electron chi connectivity index (χ0n) is 20.2. The smallest absolute Gasteiger partial charge is 0.341 e. The molecule has 0 unspecified atom stereocenters. The molecule has 32 heavy (non-hydrogen) atoms. The number of carbonyl (C=O) groups is 1. The van der Waals surface area contributed by atoms with E-state index in [1.165, 1.54) is 7.11 Å². The number of ether oxygens (including phenoxy) is 1. The second kappa shape index (κ2) is 9.24. The highest BCUT2D eigenvalue weighted by Gasteiger charge is 2.40. The molecule has 0 aliphatic carbocycles. The number of carbonyl (C=O) groups excluding carboxylic acids is 1. The van der Waals surface area contributed by atoms with Crippen LogP contribution >= 0.6 is 0 Å². The molecule has 0 saturated carbocycles. The summed E-state index contributed by atoms with van der Waals surface area (Å²) in [4.78, 5) is 14.9. The summed E-state index contributed by atoms with van der Waals surface area (Å²) in [6.45, 7) is 11.7. The Morgan fingerprint density at radius 3 is 2.09 bits per heavy atom. The molecular weight excluding hydrogens is 416 g/mol. The highest BCUT2D eigenvalue weighted by molar-refractivity contribution is 6.74. The monoisotopic (exact) mass is 450 g/mol. The zero-order valence-corrected chi connectivity index (χ0v) is 21.2. The van der Waals surface area contributed by atoms with Crippen molar-refractivity contribution in [2.45, 2.75) is 45.4 Å². The van der Waals surface area contributed by atoms with Gasteiger partial charge in [-0.3, -0.25) is 4.57 Å². The minimum Gasteiger partial charge on any atom is -0.531 e. The largest absolute Gasteiger partial charge is 0.531 e. The van der Waals surface area contributed by atoms with E-state index in [-0.39, 0.29) is 11.0 Å². The van der Waals surface area contributed by atoms with Crippen LogP contribution in [0.3, 0.4) is 0 Å². The molecule has 6 heteroatoms. The van der Waals surface area contributed by atoms with E-state index in [4.69, 9.17) is 9.16 Å². The first-order chi connectivity index (χ1) is 15.0. The third-order valence-electron chi connectivity index (χ3n) is 6.15. The second-order valence-corrected chi connectivity index (χ2v) is 14.3. The van der Waals surface area contributed by atoms with E-state index >= 15 is 0 Å². The maximum Gasteiger partial charge on any atom is 0.341 e. The van der Waals surface area contributed by atoms with Gasteiger partial charge in [0.25, 0.3) is 8.32 Å². The van der Waals surface area contributed by atoms with Gasteiger partial charge in [0.05, 0.1) is 12.8 Å². The number of methoxy groups -OCH3 is 1. The Hall–Kier alpha value is -2.99. The Bertz CT molecular complexity index is 1050. The molecule has 5 nitrogen and oxygen atoms in total. The van der Waals surface area contributed by atoms with Gasteiger partial charge in [0.1, 0.15) is 11.4 Å². The average Bonchev–Trinajstić information content (AvgIpc) is 3.12. The number of nitrogens with zero attached hydrogens (tertiary/aromatic N) is 2. The Balaban J connectivity index is 2.20. The summed E-state index contributed by atoms with van der Waals surface area (Å²) in [6, 6.07) is 22.0. The van der Waals surface area contributed by atoms with Gasteiger partial charge in [0.15, 0.2) is 5.88 Å². The van der Waals surface area contributed by atoms with Crippen molar-refractivity contribution in [3.05, 3.63) is 77.9 Å². The quantitative estimate of drug-likeness (QED) is 0.314. The van der Waals surface area contributed by atoms with E-state index in [0.29, 0.717) is 18.0 Å². The molecule has 0 radical (unpaired) electrons. The predicted octanol–water partition coefficient (Wildman–Crippen LogP) is 6.28. The van der Waals surface area contributed by atoms with Crippen LogP contribution < -0.4 is 9.33 Å². The van der Waals surface area contributed by atoms with Crippen molar-refractivity contribution in [1.82, 2.24) is 4.57 Å². The van der Waals surface area contributed by atoms with Gasteiger partial charge in [0, 0.05) is 19.7 Å². The van der Waals surface area contributed by atoms with Crippen LogP contribution in [-0.2, 0) is 11.3 Å². The molecule has 0 atom stereocenters. The maximum absolute atomic E-state index is 12.8. The lowest BCUT2D eigenvalue weighted by Crippen LogP contribution is -2.44. The summed E-state index contributed by atoms with van der Waals surface area (Å²) in [5, 5.41) is 0.0142. The SMILES string of the molecule is COC(=O)c1cc(O[Si](C)(C)C(C)(C)C)n(-c2ccccc2)c1N(C)Cc1ccccc1. The Kier molecular flexibility index (Phi) is 6.84. The summed E-state index contributed by atoms with van der Waals surface area (Å²) in [5.41, 5.74) is 2.58. The first-order valence-corrected chi connectivity index (χ1v) is 13.8. The fraction of sp³-hybridized carbons (Fsp3) is 0.346. The van der Waals surface area contributed by atoms with Crippen LogP contribution in [0.1, 0.15) is 36.7 Å². The lowest BCUT2D eigenvalue weighted by atomic mass is 10.2. The van der Waals surface area contributed by atoms with Gasteiger partial charge in [-0.05, 0) is 35.8 Å². The van der Waals surface area contributed by atoms with Crippen LogP contribution in [-0.4, -0.2) is 33.0 Å². The van der Waals surface area contributed by atoms with Crippen LogP contribution in [0.25, 0.3) is 5.69 Å². The highest BCUT2D eigenvalue weighted by Crippen LogP contribution is 2.41. The zero-order chi connectivity index (χ0) is 23.5. The third kappa shape index (κ3) is 4.91. The number of aromatic nitrogens is 1. The van der Waals surface area contributed by atoms with Crippen LogP contribution in [0, 0.1) is 0 Å². The van der Waals surface area contributed by atoms with Gasteiger partial charge in [-0.25, -0.2) is 4.79 Å². The van der Waals surface area contributed by atoms with Crippen molar-refractivity contribution in [3.63, 3.8) is 0 Å². The van der Waals surface area contributed by atoms with Crippen molar-refractivity contribution in [2.75, 3.05) is 19.1 Å². The van der Waals surface area contributed by atoms with Gasteiger partial charge in [-0.2, -0.15) is 0 Å². The van der Waals surface area contributed by atoms with E-state index in [1.807, 2.05) is 66.2 Å². The normalized spacial score (nSPS) is 11.8. The molecule has 0 spiro atoms. The van der Waals surface area contributed by atoms with E-state index in [1.54, 1.807) is 0 Å². The summed E-state index contributed by atoms with van der Waals surface area (Å²) in [5.74, 6) is 1.04.